The normalized spacial score (nSPS) is 15.5. The van der Waals surface area contributed by atoms with Crippen molar-refractivity contribution in [3.05, 3.63) is 53.6 Å². The number of hydrogen-bond acceptors (Lipinski definition) is 3. The summed E-state index contributed by atoms with van der Waals surface area (Å²) in [6.07, 6.45) is 2.46. The lowest BCUT2D eigenvalue weighted by atomic mass is 10.2. The van der Waals surface area contributed by atoms with E-state index in [9.17, 15) is 17.2 Å². The Balaban J connectivity index is 1.95. The molecule has 4 nitrogen and oxygen atoms in total. The van der Waals surface area contributed by atoms with Crippen molar-refractivity contribution in [3.63, 3.8) is 0 Å². The van der Waals surface area contributed by atoms with Gasteiger partial charge in [0.25, 0.3) is 0 Å². The number of anilines is 3. The second-order valence-electron chi connectivity index (χ2n) is 6.81. The average Bonchev–Trinajstić information content (AvgIpc) is 3.38. The third-order valence-electron chi connectivity index (χ3n) is 4.74. The SMILES string of the molecule is CCCC1(S(=O)(=O)Nc2ccc(F)c(F)c2Nc2ccc(C)cc2)CC1. The first-order valence-electron chi connectivity index (χ1n) is 8.62. The van der Waals surface area contributed by atoms with Crippen LogP contribution in [0.5, 0.6) is 0 Å². The van der Waals surface area contributed by atoms with Crippen molar-refractivity contribution in [2.45, 2.75) is 44.3 Å². The molecule has 0 radical (unpaired) electrons. The van der Waals surface area contributed by atoms with Gasteiger partial charge in [-0.1, -0.05) is 31.0 Å². The summed E-state index contributed by atoms with van der Waals surface area (Å²) in [5.41, 5.74) is 1.35. The molecule has 0 spiro atoms. The fourth-order valence-corrected chi connectivity index (χ4v) is 4.83. The molecule has 0 aromatic heterocycles. The summed E-state index contributed by atoms with van der Waals surface area (Å²) in [5.74, 6) is -2.16. The monoisotopic (exact) mass is 380 g/mol. The molecular weight excluding hydrogens is 358 g/mol. The first kappa shape index (κ1) is 18.6. The highest BCUT2D eigenvalue weighted by Crippen LogP contribution is 2.48. The van der Waals surface area contributed by atoms with Gasteiger partial charge in [0.2, 0.25) is 10.0 Å². The molecule has 1 saturated carbocycles. The van der Waals surface area contributed by atoms with Crippen LogP contribution in [0.1, 0.15) is 38.2 Å². The quantitative estimate of drug-likeness (QED) is 0.703. The summed E-state index contributed by atoms with van der Waals surface area (Å²) >= 11 is 0. The van der Waals surface area contributed by atoms with Crippen LogP contribution in [0.4, 0.5) is 25.8 Å². The summed E-state index contributed by atoms with van der Waals surface area (Å²) < 4.78 is 55.3. The van der Waals surface area contributed by atoms with Crippen LogP contribution in [0.25, 0.3) is 0 Å². The second-order valence-corrected chi connectivity index (χ2v) is 8.89. The van der Waals surface area contributed by atoms with Crippen LogP contribution < -0.4 is 10.0 Å². The molecule has 2 aromatic carbocycles. The molecule has 0 unspecified atom stereocenters. The molecule has 26 heavy (non-hydrogen) atoms. The van der Waals surface area contributed by atoms with Crippen molar-refractivity contribution in [2.75, 3.05) is 10.0 Å². The number of benzene rings is 2. The smallest absolute Gasteiger partial charge is 0.238 e. The minimum absolute atomic E-state index is 0.00635. The van der Waals surface area contributed by atoms with Gasteiger partial charge in [-0.25, -0.2) is 17.2 Å². The van der Waals surface area contributed by atoms with Gasteiger partial charge in [0.1, 0.15) is 5.69 Å². The third kappa shape index (κ3) is 3.53. The molecule has 2 aromatic rings. The summed E-state index contributed by atoms with van der Waals surface area (Å²) in [7, 11) is -3.69. The Kier molecular flexibility index (Phi) is 4.92. The molecule has 1 aliphatic rings. The highest BCUT2D eigenvalue weighted by Gasteiger charge is 2.53. The Bertz CT molecular complexity index is 908. The van der Waals surface area contributed by atoms with Gasteiger partial charge in [0.05, 0.1) is 10.4 Å². The van der Waals surface area contributed by atoms with Crippen LogP contribution in [0.15, 0.2) is 36.4 Å². The highest BCUT2D eigenvalue weighted by molar-refractivity contribution is 7.94. The molecular formula is C19H22F2N2O2S. The summed E-state index contributed by atoms with van der Waals surface area (Å²) in [6.45, 7) is 3.84. The van der Waals surface area contributed by atoms with Crippen molar-refractivity contribution >= 4 is 27.1 Å². The number of hydrogen-bond donors (Lipinski definition) is 2. The Labute approximate surface area is 152 Å². The average molecular weight is 380 g/mol. The number of halogens is 2. The molecule has 1 fully saturated rings. The topological polar surface area (TPSA) is 58.2 Å². The third-order valence-corrected chi connectivity index (χ3v) is 6.98. The molecule has 0 atom stereocenters. The van der Waals surface area contributed by atoms with Crippen LogP contribution >= 0.6 is 0 Å². The molecule has 0 aliphatic heterocycles. The summed E-state index contributed by atoms with van der Waals surface area (Å²) in [5, 5.41) is 2.79. The van der Waals surface area contributed by atoms with E-state index in [-0.39, 0.29) is 11.4 Å². The lowest BCUT2D eigenvalue weighted by Crippen LogP contribution is -2.30. The first-order valence-corrected chi connectivity index (χ1v) is 10.1. The van der Waals surface area contributed by atoms with Crippen molar-refractivity contribution in [1.82, 2.24) is 0 Å². The Morgan fingerprint density at radius 2 is 1.73 bits per heavy atom. The molecule has 0 amide bonds. The van der Waals surface area contributed by atoms with Gasteiger partial charge in [0, 0.05) is 5.69 Å². The van der Waals surface area contributed by atoms with Crippen molar-refractivity contribution in [3.8, 4) is 0 Å². The lowest BCUT2D eigenvalue weighted by Gasteiger charge is -2.20. The number of rotatable bonds is 7. The van der Waals surface area contributed by atoms with Crippen LogP contribution in [-0.4, -0.2) is 13.2 Å². The van der Waals surface area contributed by atoms with E-state index in [1.165, 1.54) is 6.07 Å². The molecule has 7 heteroatoms. The molecule has 1 aliphatic carbocycles. The predicted octanol–water partition coefficient (Wildman–Crippen LogP) is 5.09. The van der Waals surface area contributed by atoms with E-state index in [4.69, 9.17) is 0 Å². The Hall–Kier alpha value is -2.15. The van der Waals surface area contributed by atoms with Crippen LogP contribution in [0.2, 0.25) is 0 Å². The second kappa shape index (κ2) is 6.87. The maximum atomic E-state index is 14.4. The largest absolute Gasteiger partial charge is 0.351 e. The van der Waals surface area contributed by atoms with Gasteiger partial charge in [-0.05, 0) is 50.5 Å². The molecule has 140 valence electrons. The van der Waals surface area contributed by atoms with Crippen molar-refractivity contribution in [1.29, 1.82) is 0 Å². The number of sulfonamides is 1. The zero-order valence-electron chi connectivity index (χ0n) is 14.8. The van der Waals surface area contributed by atoms with Crippen LogP contribution in [-0.2, 0) is 10.0 Å². The van der Waals surface area contributed by atoms with Gasteiger partial charge in [-0.3, -0.25) is 4.72 Å². The highest BCUT2D eigenvalue weighted by atomic mass is 32.2. The Morgan fingerprint density at radius 3 is 2.31 bits per heavy atom. The minimum atomic E-state index is -3.69. The molecule has 0 bridgehead atoms. The molecule has 3 rings (SSSR count). The molecule has 0 heterocycles. The first-order chi connectivity index (χ1) is 12.3. The van der Waals surface area contributed by atoms with E-state index < -0.39 is 26.4 Å². The molecule has 2 N–H and O–H groups in total. The van der Waals surface area contributed by atoms with Crippen LogP contribution in [0.3, 0.4) is 0 Å². The van der Waals surface area contributed by atoms with Gasteiger partial charge in [0.15, 0.2) is 11.6 Å². The molecule has 0 saturated heterocycles. The fraction of sp³-hybridized carbons (Fsp3) is 0.368. The maximum absolute atomic E-state index is 14.4. The standard InChI is InChI=1S/C19H22F2N2O2S/c1-3-10-19(11-12-19)26(24,25)23-16-9-8-15(20)17(21)18(16)22-14-6-4-13(2)5-7-14/h4-9,22-23H,3,10-12H2,1-2H3. The predicted molar refractivity (Wildman–Crippen MR) is 100 cm³/mol. The fourth-order valence-electron chi connectivity index (χ4n) is 3.04. The van der Waals surface area contributed by atoms with Crippen molar-refractivity contribution in [2.24, 2.45) is 0 Å². The van der Waals surface area contributed by atoms with Gasteiger partial charge < -0.3 is 5.32 Å². The number of aryl methyl sites for hydroxylation is 1. The van der Waals surface area contributed by atoms with Crippen molar-refractivity contribution < 1.29 is 17.2 Å². The van der Waals surface area contributed by atoms with Gasteiger partial charge in [-0.2, -0.15) is 0 Å². The minimum Gasteiger partial charge on any atom is -0.351 e. The summed E-state index contributed by atoms with van der Waals surface area (Å²) in [6, 6.07) is 9.25. The van der Waals surface area contributed by atoms with E-state index in [1.807, 2.05) is 26.0 Å². The van der Waals surface area contributed by atoms with Crippen LogP contribution in [0, 0.1) is 18.6 Å². The van der Waals surface area contributed by atoms with E-state index in [2.05, 4.69) is 10.0 Å². The summed E-state index contributed by atoms with van der Waals surface area (Å²) in [4.78, 5) is 0. The van der Waals surface area contributed by atoms with E-state index >= 15 is 0 Å². The van der Waals surface area contributed by atoms with Gasteiger partial charge in [-0.15, -0.1) is 0 Å². The van der Waals surface area contributed by atoms with Gasteiger partial charge >= 0.3 is 0 Å². The van der Waals surface area contributed by atoms with E-state index in [0.717, 1.165) is 18.1 Å². The zero-order valence-corrected chi connectivity index (χ0v) is 15.6. The van der Waals surface area contributed by atoms with E-state index in [0.29, 0.717) is 24.9 Å². The number of nitrogens with one attached hydrogen (secondary N) is 2. The van der Waals surface area contributed by atoms with E-state index in [1.54, 1.807) is 12.1 Å². The zero-order chi connectivity index (χ0) is 18.9. The maximum Gasteiger partial charge on any atom is 0.238 e. The lowest BCUT2D eigenvalue weighted by molar-refractivity contribution is 0.512. The Morgan fingerprint density at radius 1 is 1.08 bits per heavy atom.